The molecule has 0 N–H and O–H groups in total. The molecule has 1 unspecified atom stereocenters. The molecule has 2 rings (SSSR count). The molecular formula is C13H17N6S3. The molecule has 2 aromatic heterocycles. The van der Waals surface area contributed by atoms with Crippen molar-refractivity contribution >= 4 is 41.1 Å². The Balaban J connectivity index is 1.88. The summed E-state index contributed by atoms with van der Waals surface area (Å²) in [5.41, 5.74) is 0. The van der Waals surface area contributed by atoms with Crippen LogP contribution in [0.5, 0.6) is 0 Å². The highest BCUT2D eigenvalue weighted by Gasteiger charge is 2.13. The molecule has 1 radical (unpaired) electrons. The van der Waals surface area contributed by atoms with Crippen LogP contribution >= 0.6 is 35.7 Å². The molecule has 0 aliphatic rings. The summed E-state index contributed by atoms with van der Waals surface area (Å²) in [5, 5.41) is 16.5. The third-order valence-electron chi connectivity index (χ3n) is 2.65. The van der Waals surface area contributed by atoms with Gasteiger partial charge in [-0.05, 0) is 36.7 Å². The smallest absolute Gasteiger partial charge is 0.209 e. The summed E-state index contributed by atoms with van der Waals surface area (Å²) in [6, 6.07) is 5.83. The van der Waals surface area contributed by atoms with Crippen molar-refractivity contribution in [2.45, 2.75) is 22.0 Å². The third-order valence-corrected chi connectivity index (χ3v) is 5.40. The topological polar surface area (TPSA) is 59.7 Å². The van der Waals surface area contributed by atoms with E-state index in [9.17, 15) is 0 Å². The van der Waals surface area contributed by atoms with Gasteiger partial charge in [0, 0.05) is 23.9 Å². The number of hydrogen-bond donors (Lipinski definition) is 0. The average molecular weight is 354 g/mol. The zero-order valence-electron chi connectivity index (χ0n) is 12.4. The SMILES string of the molecule is CN(C)CCn1nnnc1SCC([C]=S)Sc1ccccn1. The maximum Gasteiger partial charge on any atom is 0.209 e. The van der Waals surface area contributed by atoms with Crippen molar-refractivity contribution in [2.75, 3.05) is 26.4 Å². The zero-order valence-corrected chi connectivity index (χ0v) is 14.9. The Labute approximate surface area is 144 Å². The molecular weight excluding hydrogens is 336 g/mol. The highest BCUT2D eigenvalue weighted by atomic mass is 32.2. The fraction of sp³-hybridized carbons (Fsp3) is 0.462. The van der Waals surface area contributed by atoms with Gasteiger partial charge in [-0.1, -0.05) is 41.8 Å². The summed E-state index contributed by atoms with van der Waals surface area (Å²) in [6.45, 7) is 1.66. The lowest BCUT2D eigenvalue weighted by Crippen LogP contribution is -2.19. The van der Waals surface area contributed by atoms with E-state index in [1.165, 1.54) is 0 Å². The number of likely N-dealkylation sites (N-methyl/N-ethyl adjacent to an activating group) is 1. The third kappa shape index (κ3) is 5.64. The molecule has 0 saturated heterocycles. The van der Waals surface area contributed by atoms with Crippen molar-refractivity contribution in [3.63, 3.8) is 0 Å². The second-order valence-electron chi connectivity index (χ2n) is 4.69. The Bertz CT molecular complexity index is 574. The van der Waals surface area contributed by atoms with Crippen molar-refractivity contribution in [3.05, 3.63) is 24.4 Å². The van der Waals surface area contributed by atoms with Crippen LogP contribution in [0.4, 0.5) is 0 Å². The molecule has 1 atom stereocenters. The van der Waals surface area contributed by atoms with Gasteiger partial charge in [0.15, 0.2) is 0 Å². The van der Waals surface area contributed by atoms with Crippen LogP contribution in [-0.4, -0.2) is 67.1 Å². The van der Waals surface area contributed by atoms with E-state index in [0.29, 0.717) is 0 Å². The normalized spacial score (nSPS) is 12.5. The van der Waals surface area contributed by atoms with Gasteiger partial charge in [-0.25, -0.2) is 9.67 Å². The van der Waals surface area contributed by atoms with Gasteiger partial charge in [-0.2, -0.15) is 0 Å². The molecule has 0 saturated carbocycles. The monoisotopic (exact) mass is 353 g/mol. The maximum absolute atomic E-state index is 5.01. The molecule has 0 fully saturated rings. The first-order valence-electron chi connectivity index (χ1n) is 6.68. The molecule has 22 heavy (non-hydrogen) atoms. The minimum absolute atomic E-state index is 0.0638. The summed E-state index contributed by atoms with van der Waals surface area (Å²) in [7, 11) is 4.05. The second kappa shape index (κ2) is 9.19. The molecule has 9 heteroatoms. The lowest BCUT2D eigenvalue weighted by Gasteiger charge is -2.11. The second-order valence-corrected chi connectivity index (χ2v) is 7.14. The molecule has 0 aromatic carbocycles. The first-order valence-corrected chi connectivity index (χ1v) is 8.95. The average Bonchev–Trinajstić information content (AvgIpc) is 2.98. The lowest BCUT2D eigenvalue weighted by molar-refractivity contribution is 0.361. The van der Waals surface area contributed by atoms with Gasteiger partial charge in [0.25, 0.3) is 0 Å². The van der Waals surface area contributed by atoms with Crippen LogP contribution in [0.15, 0.2) is 34.6 Å². The number of hydrogen-bond acceptors (Lipinski definition) is 8. The number of thioether (sulfide) groups is 2. The van der Waals surface area contributed by atoms with Crippen LogP contribution in [0, 0.1) is 0 Å². The highest BCUT2D eigenvalue weighted by molar-refractivity contribution is 8.04. The van der Waals surface area contributed by atoms with Crippen molar-refractivity contribution in [3.8, 4) is 0 Å². The van der Waals surface area contributed by atoms with Gasteiger partial charge in [-0.3, -0.25) is 0 Å². The van der Waals surface area contributed by atoms with Crippen LogP contribution in [0.25, 0.3) is 0 Å². The Kier molecular flexibility index (Phi) is 7.23. The van der Waals surface area contributed by atoms with Gasteiger partial charge in [-0.15, -0.1) is 5.10 Å². The van der Waals surface area contributed by atoms with Crippen molar-refractivity contribution in [2.24, 2.45) is 0 Å². The fourth-order valence-electron chi connectivity index (χ4n) is 1.54. The largest absolute Gasteiger partial charge is 0.308 e. The quantitative estimate of drug-likeness (QED) is 0.499. The Morgan fingerprint density at radius 2 is 2.27 bits per heavy atom. The Morgan fingerprint density at radius 3 is 2.95 bits per heavy atom. The number of pyridine rings is 1. The van der Waals surface area contributed by atoms with E-state index in [1.807, 2.05) is 37.0 Å². The van der Waals surface area contributed by atoms with Crippen LogP contribution < -0.4 is 0 Å². The lowest BCUT2D eigenvalue weighted by atomic mass is 10.5. The summed E-state index contributed by atoms with van der Waals surface area (Å²) < 4.78 is 1.82. The molecule has 0 bridgehead atoms. The van der Waals surface area contributed by atoms with Crippen LogP contribution in [0.1, 0.15) is 0 Å². The van der Waals surface area contributed by atoms with E-state index >= 15 is 0 Å². The highest BCUT2D eigenvalue weighted by Crippen LogP contribution is 2.25. The summed E-state index contributed by atoms with van der Waals surface area (Å²) in [4.78, 5) is 6.39. The van der Waals surface area contributed by atoms with E-state index in [0.717, 1.165) is 29.0 Å². The maximum atomic E-state index is 5.01. The first-order chi connectivity index (χ1) is 10.7. The molecule has 6 nitrogen and oxygen atoms in total. The van der Waals surface area contributed by atoms with Gasteiger partial charge >= 0.3 is 0 Å². The zero-order chi connectivity index (χ0) is 15.8. The molecule has 2 heterocycles. The van der Waals surface area contributed by atoms with Crippen LogP contribution in [-0.2, 0) is 6.54 Å². The van der Waals surface area contributed by atoms with Crippen LogP contribution in [0.2, 0.25) is 0 Å². The minimum Gasteiger partial charge on any atom is -0.308 e. The molecule has 0 aliphatic heterocycles. The van der Waals surface area contributed by atoms with E-state index in [1.54, 1.807) is 29.7 Å². The van der Waals surface area contributed by atoms with Crippen molar-refractivity contribution in [1.29, 1.82) is 0 Å². The molecule has 117 valence electrons. The predicted molar refractivity (Wildman–Crippen MR) is 93.6 cm³/mol. The van der Waals surface area contributed by atoms with E-state index in [-0.39, 0.29) is 5.25 Å². The predicted octanol–water partition coefficient (Wildman–Crippen LogP) is 1.76. The van der Waals surface area contributed by atoms with Gasteiger partial charge in [0.2, 0.25) is 5.16 Å². The first kappa shape index (κ1) is 17.3. The van der Waals surface area contributed by atoms with Gasteiger partial charge in [0.1, 0.15) is 0 Å². The fourth-order valence-corrected chi connectivity index (χ4v) is 3.72. The molecule has 0 aliphatic carbocycles. The van der Waals surface area contributed by atoms with E-state index in [2.05, 4.69) is 30.8 Å². The number of thiocarbonyl (C=S) groups is 1. The number of tetrazole rings is 1. The number of rotatable bonds is 9. The Morgan fingerprint density at radius 1 is 1.41 bits per heavy atom. The molecule has 0 amide bonds. The summed E-state index contributed by atoms with van der Waals surface area (Å²) in [6.07, 6.45) is 1.78. The molecule has 2 aromatic rings. The van der Waals surface area contributed by atoms with Crippen molar-refractivity contribution < 1.29 is 0 Å². The number of aromatic nitrogens is 5. The summed E-state index contributed by atoms with van der Waals surface area (Å²) >= 11 is 8.20. The Hall–Kier alpha value is -1.03. The minimum atomic E-state index is 0.0638. The van der Waals surface area contributed by atoms with E-state index in [4.69, 9.17) is 12.2 Å². The van der Waals surface area contributed by atoms with Crippen LogP contribution in [0.3, 0.4) is 0 Å². The van der Waals surface area contributed by atoms with Gasteiger partial charge < -0.3 is 4.90 Å². The van der Waals surface area contributed by atoms with Gasteiger partial charge in [0.05, 0.1) is 16.8 Å². The summed E-state index contributed by atoms with van der Waals surface area (Å²) in [5.74, 6) is 0.757. The van der Waals surface area contributed by atoms with E-state index < -0.39 is 0 Å². The number of nitrogens with zero attached hydrogens (tertiary/aromatic N) is 6. The van der Waals surface area contributed by atoms with Crippen molar-refractivity contribution in [1.82, 2.24) is 30.1 Å². The standard InChI is InChI=1S/C13H17N6S3/c1-18(2)7-8-19-13(15-16-17-19)21-10-11(9-20)22-12-5-3-4-6-14-12/h3-6,11H,7-8,10H2,1-2H3. The molecule has 0 spiro atoms.